The normalized spacial score (nSPS) is 10.8. The maximum atomic E-state index is 13.5. The lowest BCUT2D eigenvalue weighted by atomic mass is 10.1. The maximum Gasteiger partial charge on any atom is 0.132 e. The fraction of sp³-hybridized carbons (Fsp3) is 0. The molecule has 14 heavy (non-hydrogen) atoms. The van der Waals surface area contributed by atoms with Gasteiger partial charge in [-0.1, -0.05) is 28.1 Å². The molecule has 0 aromatic heterocycles. The average Bonchev–Trinajstić information content (AvgIpc) is 2.14. The lowest BCUT2D eigenvalue weighted by Gasteiger charge is -2.07. The third-order valence-electron chi connectivity index (χ3n) is 2.05. The van der Waals surface area contributed by atoms with Gasteiger partial charge in [-0.3, -0.25) is 0 Å². The molecule has 2 N–H and O–H groups in total. The fourth-order valence-corrected chi connectivity index (χ4v) is 2.76. The Morgan fingerprint density at radius 3 is 2.57 bits per heavy atom. The maximum absolute atomic E-state index is 13.5. The number of rotatable bonds is 0. The van der Waals surface area contributed by atoms with Crippen LogP contribution in [0.15, 0.2) is 33.2 Å². The van der Waals surface area contributed by atoms with Gasteiger partial charge in [-0.25, -0.2) is 4.39 Å². The number of benzene rings is 2. The first-order valence-electron chi connectivity index (χ1n) is 3.93. The molecule has 0 heterocycles. The molecule has 2 rings (SSSR count). The van der Waals surface area contributed by atoms with E-state index in [1.807, 2.05) is 0 Å². The van der Waals surface area contributed by atoms with Gasteiger partial charge in [0.15, 0.2) is 0 Å². The Hall–Kier alpha value is -0.610. The summed E-state index contributed by atoms with van der Waals surface area (Å²) in [4.78, 5) is 0. The highest BCUT2D eigenvalue weighted by Gasteiger charge is 2.09. The molecule has 0 spiro atoms. The van der Waals surface area contributed by atoms with Gasteiger partial charge in [0.25, 0.3) is 0 Å². The smallest absolute Gasteiger partial charge is 0.132 e. The fourth-order valence-electron chi connectivity index (χ4n) is 1.38. The minimum absolute atomic E-state index is 0.270. The van der Waals surface area contributed by atoms with Crippen LogP contribution >= 0.6 is 31.9 Å². The molecular formula is C10H6Br2FN. The second-order valence-corrected chi connectivity index (χ2v) is 4.62. The number of hydrogen-bond acceptors (Lipinski definition) is 1. The summed E-state index contributed by atoms with van der Waals surface area (Å²) >= 11 is 6.62. The van der Waals surface area contributed by atoms with Crippen LogP contribution in [0.4, 0.5) is 10.1 Å². The van der Waals surface area contributed by atoms with E-state index >= 15 is 0 Å². The van der Waals surface area contributed by atoms with Gasteiger partial charge in [-0.2, -0.15) is 0 Å². The van der Waals surface area contributed by atoms with E-state index in [0.29, 0.717) is 20.9 Å². The van der Waals surface area contributed by atoms with Crippen molar-refractivity contribution >= 4 is 48.3 Å². The highest BCUT2D eigenvalue weighted by molar-refractivity contribution is 9.11. The molecule has 2 aromatic rings. The van der Waals surface area contributed by atoms with E-state index in [2.05, 4.69) is 31.9 Å². The van der Waals surface area contributed by atoms with Crippen molar-refractivity contribution in [2.24, 2.45) is 0 Å². The lowest BCUT2D eigenvalue weighted by Crippen LogP contribution is -1.91. The van der Waals surface area contributed by atoms with Gasteiger partial charge in [0.2, 0.25) is 0 Å². The topological polar surface area (TPSA) is 26.0 Å². The zero-order valence-corrected chi connectivity index (χ0v) is 10.2. The Labute approximate surface area is 97.4 Å². The molecule has 72 valence electrons. The van der Waals surface area contributed by atoms with Crippen molar-refractivity contribution in [2.75, 3.05) is 5.73 Å². The molecule has 0 bridgehead atoms. The van der Waals surface area contributed by atoms with Gasteiger partial charge in [0, 0.05) is 19.7 Å². The summed E-state index contributed by atoms with van der Waals surface area (Å²) in [6.45, 7) is 0. The van der Waals surface area contributed by atoms with Crippen LogP contribution in [0.25, 0.3) is 10.8 Å². The number of nitrogen functional groups attached to an aromatic ring is 1. The van der Waals surface area contributed by atoms with Gasteiger partial charge >= 0.3 is 0 Å². The Balaban J connectivity index is 3.02. The van der Waals surface area contributed by atoms with Crippen molar-refractivity contribution in [3.8, 4) is 0 Å². The Morgan fingerprint density at radius 1 is 1.14 bits per heavy atom. The predicted molar refractivity (Wildman–Crippen MR) is 63.7 cm³/mol. The van der Waals surface area contributed by atoms with E-state index in [1.165, 1.54) is 6.07 Å². The monoisotopic (exact) mass is 317 g/mol. The largest absolute Gasteiger partial charge is 0.397 e. The molecular weight excluding hydrogens is 313 g/mol. The molecule has 0 radical (unpaired) electrons. The molecule has 0 aliphatic carbocycles. The SMILES string of the molecule is Nc1c(Br)cc(Br)c2c(F)cccc12. The molecule has 0 saturated heterocycles. The minimum Gasteiger partial charge on any atom is -0.397 e. The van der Waals surface area contributed by atoms with Crippen molar-refractivity contribution in [3.05, 3.63) is 39.0 Å². The molecule has 0 fully saturated rings. The Kier molecular flexibility index (Phi) is 2.49. The Bertz CT molecular complexity index is 511. The molecule has 0 unspecified atom stereocenters. The zero-order valence-electron chi connectivity index (χ0n) is 7.02. The summed E-state index contributed by atoms with van der Waals surface area (Å²) in [5.41, 5.74) is 6.38. The third kappa shape index (κ3) is 1.42. The summed E-state index contributed by atoms with van der Waals surface area (Å²) in [7, 11) is 0. The molecule has 1 nitrogen and oxygen atoms in total. The average molecular weight is 319 g/mol. The van der Waals surface area contributed by atoms with Crippen LogP contribution < -0.4 is 5.73 Å². The first kappa shape index (κ1) is 9.93. The van der Waals surface area contributed by atoms with Crippen molar-refractivity contribution < 1.29 is 4.39 Å². The minimum atomic E-state index is -0.270. The Morgan fingerprint density at radius 2 is 1.86 bits per heavy atom. The van der Waals surface area contributed by atoms with Crippen LogP contribution in [-0.2, 0) is 0 Å². The molecule has 0 atom stereocenters. The first-order chi connectivity index (χ1) is 6.61. The van der Waals surface area contributed by atoms with Gasteiger partial charge in [0.1, 0.15) is 5.82 Å². The van der Waals surface area contributed by atoms with Gasteiger partial charge in [0.05, 0.1) is 5.69 Å². The van der Waals surface area contributed by atoms with Crippen LogP contribution in [0, 0.1) is 5.82 Å². The van der Waals surface area contributed by atoms with Gasteiger partial charge in [-0.15, -0.1) is 0 Å². The standard InChI is InChI=1S/C10H6Br2FN/c11-6-4-7(12)10(14)5-2-1-3-8(13)9(5)6/h1-4H,14H2. The van der Waals surface area contributed by atoms with E-state index in [0.717, 1.165) is 4.47 Å². The summed E-state index contributed by atoms with van der Waals surface area (Å²) in [6, 6.07) is 6.61. The van der Waals surface area contributed by atoms with Crippen LogP contribution in [0.5, 0.6) is 0 Å². The predicted octanol–water partition coefficient (Wildman–Crippen LogP) is 4.09. The molecule has 0 amide bonds. The van der Waals surface area contributed by atoms with Crippen molar-refractivity contribution in [1.82, 2.24) is 0 Å². The second-order valence-electron chi connectivity index (χ2n) is 2.92. The van der Waals surface area contributed by atoms with Crippen LogP contribution in [0.2, 0.25) is 0 Å². The third-order valence-corrected chi connectivity index (χ3v) is 3.33. The van der Waals surface area contributed by atoms with Crippen molar-refractivity contribution in [1.29, 1.82) is 0 Å². The first-order valence-corrected chi connectivity index (χ1v) is 5.51. The second kappa shape index (κ2) is 3.51. The lowest BCUT2D eigenvalue weighted by molar-refractivity contribution is 0.639. The number of fused-ring (bicyclic) bond motifs is 1. The molecule has 0 aliphatic rings. The summed E-state index contributed by atoms with van der Waals surface area (Å²) < 4.78 is 14.9. The van der Waals surface area contributed by atoms with E-state index in [1.54, 1.807) is 18.2 Å². The van der Waals surface area contributed by atoms with Crippen LogP contribution in [-0.4, -0.2) is 0 Å². The van der Waals surface area contributed by atoms with Gasteiger partial charge in [-0.05, 0) is 28.1 Å². The van der Waals surface area contributed by atoms with Gasteiger partial charge < -0.3 is 5.73 Å². The van der Waals surface area contributed by atoms with E-state index in [9.17, 15) is 4.39 Å². The van der Waals surface area contributed by atoms with Crippen molar-refractivity contribution in [2.45, 2.75) is 0 Å². The summed E-state index contributed by atoms with van der Waals surface area (Å²) in [5.74, 6) is -0.270. The number of halogens is 3. The van der Waals surface area contributed by atoms with Crippen LogP contribution in [0.3, 0.4) is 0 Å². The number of nitrogens with two attached hydrogens (primary N) is 1. The zero-order chi connectivity index (χ0) is 10.3. The number of hydrogen-bond donors (Lipinski definition) is 1. The highest BCUT2D eigenvalue weighted by Crippen LogP contribution is 2.35. The van der Waals surface area contributed by atoms with Crippen molar-refractivity contribution in [3.63, 3.8) is 0 Å². The molecule has 2 aromatic carbocycles. The molecule has 0 saturated carbocycles. The summed E-state index contributed by atoms with van der Waals surface area (Å²) in [6.07, 6.45) is 0. The highest BCUT2D eigenvalue weighted by atomic mass is 79.9. The van der Waals surface area contributed by atoms with E-state index < -0.39 is 0 Å². The molecule has 4 heteroatoms. The van der Waals surface area contributed by atoms with Crippen LogP contribution in [0.1, 0.15) is 0 Å². The quantitative estimate of drug-likeness (QED) is 0.728. The van der Waals surface area contributed by atoms with E-state index in [-0.39, 0.29) is 5.82 Å². The van der Waals surface area contributed by atoms with E-state index in [4.69, 9.17) is 5.73 Å². The number of anilines is 1. The summed E-state index contributed by atoms with van der Waals surface area (Å²) in [5, 5.41) is 1.24. The molecule has 0 aliphatic heterocycles.